The number of ether oxygens (including phenoxy) is 1. The van der Waals surface area contributed by atoms with Gasteiger partial charge >= 0.3 is 5.97 Å². The van der Waals surface area contributed by atoms with E-state index in [4.69, 9.17) is 10.5 Å². The van der Waals surface area contributed by atoms with Gasteiger partial charge in [-0.1, -0.05) is 67.6 Å². The van der Waals surface area contributed by atoms with E-state index < -0.39 is 29.8 Å². The van der Waals surface area contributed by atoms with Crippen molar-refractivity contribution in [3.63, 3.8) is 0 Å². The van der Waals surface area contributed by atoms with Gasteiger partial charge in [-0.25, -0.2) is 0 Å². The van der Waals surface area contributed by atoms with Gasteiger partial charge in [0, 0.05) is 0 Å². The van der Waals surface area contributed by atoms with E-state index in [0.717, 1.165) is 11.1 Å². The van der Waals surface area contributed by atoms with Gasteiger partial charge in [0.25, 0.3) is 0 Å². The molecular formula is C22H26N2O4. The molecule has 2 rings (SSSR count). The minimum atomic E-state index is -0.971. The van der Waals surface area contributed by atoms with Crippen LogP contribution in [0.4, 0.5) is 0 Å². The number of carbonyl (C=O) groups excluding carboxylic acids is 3. The summed E-state index contributed by atoms with van der Waals surface area (Å²) in [6.07, 6.45) is 0.0796. The molecule has 0 aliphatic heterocycles. The molecule has 2 aromatic rings. The molecule has 0 bridgehead atoms. The second-order valence-corrected chi connectivity index (χ2v) is 6.61. The van der Waals surface area contributed by atoms with E-state index in [1.54, 1.807) is 13.8 Å². The lowest BCUT2D eigenvalue weighted by Gasteiger charge is -2.23. The highest BCUT2D eigenvalue weighted by Crippen LogP contribution is 2.25. The van der Waals surface area contributed by atoms with E-state index in [1.165, 1.54) is 0 Å². The van der Waals surface area contributed by atoms with E-state index in [1.807, 2.05) is 60.7 Å². The van der Waals surface area contributed by atoms with Crippen molar-refractivity contribution in [2.75, 3.05) is 6.61 Å². The number of amides is 2. The van der Waals surface area contributed by atoms with Gasteiger partial charge in [-0.3, -0.25) is 14.4 Å². The summed E-state index contributed by atoms with van der Waals surface area (Å²) in [7, 11) is 0. The van der Waals surface area contributed by atoms with Crippen LogP contribution < -0.4 is 11.1 Å². The predicted octanol–water partition coefficient (Wildman–Crippen LogP) is 2.38. The molecule has 2 amide bonds. The van der Waals surface area contributed by atoms with E-state index in [9.17, 15) is 14.4 Å². The Hall–Kier alpha value is -3.15. The molecule has 0 unspecified atom stereocenters. The SMILES string of the molecule is CCOC(=O)[C@H](C)C[C@H](NC(=O)C(c1ccccc1)c1ccccc1)C(N)=O. The number of nitrogens with one attached hydrogen (secondary N) is 1. The number of hydrogen-bond donors (Lipinski definition) is 2. The molecule has 0 heterocycles. The number of primary amides is 1. The first-order chi connectivity index (χ1) is 13.4. The highest BCUT2D eigenvalue weighted by molar-refractivity contribution is 5.92. The molecule has 0 aromatic heterocycles. The summed E-state index contributed by atoms with van der Waals surface area (Å²) < 4.78 is 4.97. The van der Waals surface area contributed by atoms with Crippen LogP contribution in [0.1, 0.15) is 37.3 Å². The first kappa shape index (κ1) is 21.2. The Morgan fingerprint density at radius 2 is 1.46 bits per heavy atom. The zero-order valence-corrected chi connectivity index (χ0v) is 16.1. The summed E-state index contributed by atoms with van der Waals surface area (Å²) in [5.41, 5.74) is 7.08. The molecule has 0 saturated carbocycles. The average Bonchev–Trinajstić information content (AvgIpc) is 2.69. The van der Waals surface area contributed by atoms with Crippen molar-refractivity contribution in [1.82, 2.24) is 5.32 Å². The van der Waals surface area contributed by atoms with E-state index in [2.05, 4.69) is 5.32 Å². The maximum absolute atomic E-state index is 13.1. The third-order valence-electron chi connectivity index (χ3n) is 4.47. The van der Waals surface area contributed by atoms with Crippen molar-refractivity contribution in [3.05, 3.63) is 71.8 Å². The largest absolute Gasteiger partial charge is 0.466 e. The van der Waals surface area contributed by atoms with Gasteiger partial charge < -0.3 is 15.8 Å². The first-order valence-corrected chi connectivity index (χ1v) is 9.30. The second-order valence-electron chi connectivity index (χ2n) is 6.61. The zero-order chi connectivity index (χ0) is 20.5. The number of carbonyl (C=O) groups is 3. The maximum atomic E-state index is 13.1. The fourth-order valence-corrected chi connectivity index (χ4v) is 3.02. The van der Waals surface area contributed by atoms with Gasteiger partial charge in [-0.2, -0.15) is 0 Å². The quantitative estimate of drug-likeness (QED) is 0.651. The summed E-state index contributed by atoms with van der Waals surface area (Å²) in [5.74, 6) is -2.63. The van der Waals surface area contributed by atoms with Gasteiger partial charge in [-0.15, -0.1) is 0 Å². The van der Waals surface area contributed by atoms with Crippen molar-refractivity contribution < 1.29 is 19.1 Å². The molecule has 0 saturated heterocycles. The standard InChI is InChI=1S/C22H26N2O4/c1-3-28-22(27)15(2)14-18(20(23)25)24-21(26)19(16-10-6-4-7-11-16)17-12-8-5-9-13-17/h4-13,15,18-19H,3,14H2,1-2H3,(H2,23,25)(H,24,26)/t15-,18+/m1/s1. The molecule has 2 atom stereocenters. The van der Waals surface area contributed by atoms with Crippen LogP contribution in [-0.4, -0.2) is 30.4 Å². The molecule has 6 heteroatoms. The summed E-state index contributed by atoms with van der Waals surface area (Å²) in [6, 6.07) is 17.6. The number of rotatable bonds is 9. The van der Waals surface area contributed by atoms with Crippen LogP contribution in [0.25, 0.3) is 0 Å². The van der Waals surface area contributed by atoms with Crippen LogP contribution in [0.3, 0.4) is 0 Å². The van der Waals surface area contributed by atoms with Gasteiger partial charge in [0.2, 0.25) is 11.8 Å². The maximum Gasteiger partial charge on any atom is 0.308 e. The second kappa shape index (κ2) is 10.3. The van der Waals surface area contributed by atoms with Crippen LogP contribution in [0.2, 0.25) is 0 Å². The summed E-state index contributed by atoms with van der Waals surface area (Å²) in [5, 5.41) is 2.72. The number of benzene rings is 2. The molecule has 0 radical (unpaired) electrons. The van der Waals surface area contributed by atoms with Crippen LogP contribution in [-0.2, 0) is 19.1 Å². The number of esters is 1. The molecule has 148 valence electrons. The lowest BCUT2D eigenvalue weighted by Crippen LogP contribution is -2.47. The van der Waals surface area contributed by atoms with E-state index >= 15 is 0 Å². The van der Waals surface area contributed by atoms with Crippen molar-refractivity contribution in [2.24, 2.45) is 11.7 Å². The van der Waals surface area contributed by atoms with E-state index in [0.29, 0.717) is 0 Å². The third-order valence-corrected chi connectivity index (χ3v) is 4.47. The van der Waals surface area contributed by atoms with Crippen molar-refractivity contribution in [2.45, 2.75) is 32.2 Å². The molecular weight excluding hydrogens is 356 g/mol. The number of nitrogens with two attached hydrogens (primary N) is 1. The molecule has 6 nitrogen and oxygen atoms in total. The topological polar surface area (TPSA) is 98.5 Å². The summed E-state index contributed by atoms with van der Waals surface area (Å²) >= 11 is 0. The normalized spacial score (nSPS) is 12.8. The van der Waals surface area contributed by atoms with Crippen LogP contribution in [0.5, 0.6) is 0 Å². The first-order valence-electron chi connectivity index (χ1n) is 9.30. The van der Waals surface area contributed by atoms with Gasteiger partial charge in [0.05, 0.1) is 18.4 Å². The molecule has 28 heavy (non-hydrogen) atoms. The monoisotopic (exact) mass is 382 g/mol. The Kier molecular flexibility index (Phi) is 7.75. The van der Waals surface area contributed by atoms with Crippen LogP contribution >= 0.6 is 0 Å². The Morgan fingerprint density at radius 3 is 1.89 bits per heavy atom. The van der Waals surface area contributed by atoms with Crippen molar-refractivity contribution in [1.29, 1.82) is 0 Å². The Morgan fingerprint density at radius 1 is 0.964 bits per heavy atom. The molecule has 0 fully saturated rings. The average molecular weight is 382 g/mol. The lowest BCUT2D eigenvalue weighted by molar-refractivity contribution is -0.148. The third kappa shape index (κ3) is 5.67. The molecule has 0 aliphatic carbocycles. The highest BCUT2D eigenvalue weighted by Gasteiger charge is 2.29. The summed E-state index contributed by atoms with van der Waals surface area (Å²) in [4.78, 5) is 36.9. The minimum Gasteiger partial charge on any atom is -0.466 e. The fourth-order valence-electron chi connectivity index (χ4n) is 3.02. The van der Waals surface area contributed by atoms with Crippen molar-refractivity contribution in [3.8, 4) is 0 Å². The molecule has 2 aromatic carbocycles. The van der Waals surface area contributed by atoms with E-state index in [-0.39, 0.29) is 18.9 Å². The van der Waals surface area contributed by atoms with Gasteiger partial charge in [0.1, 0.15) is 6.04 Å². The molecule has 3 N–H and O–H groups in total. The summed E-state index contributed by atoms with van der Waals surface area (Å²) in [6.45, 7) is 3.61. The van der Waals surface area contributed by atoms with Crippen LogP contribution in [0.15, 0.2) is 60.7 Å². The zero-order valence-electron chi connectivity index (χ0n) is 16.1. The predicted molar refractivity (Wildman–Crippen MR) is 106 cm³/mol. The fraction of sp³-hybridized carbons (Fsp3) is 0.318. The van der Waals surface area contributed by atoms with Gasteiger partial charge in [0.15, 0.2) is 0 Å². The molecule has 0 spiro atoms. The van der Waals surface area contributed by atoms with Crippen molar-refractivity contribution >= 4 is 17.8 Å². The highest BCUT2D eigenvalue weighted by atomic mass is 16.5. The molecule has 0 aliphatic rings. The number of hydrogen-bond acceptors (Lipinski definition) is 4. The van der Waals surface area contributed by atoms with Gasteiger partial charge in [-0.05, 0) is 24.5 Å². The van der Waals surface area contributed by atoms with Crippen LogP contribution in [0, 0.1) is 5.92 Å². The lowest BCUT2D eigenvalue weighted by atomic mass is 9.90. The Labute approximate surface area is 165 Å². The Bertz CT molecular complexity index is 753. The smallest absolute Gasteiger partial charge is 0.308 e. The Balaban J connectivity index is 2.23. The minimum absolute atomic E-state index is 0.0796.